The normalized spacial score (nSPS) is 42.4. The molecule has 2 fully saturated rings. The Morgan fingerprint density at radius 3 is 3.00 bits per heavy atom. The highest BCUT2D eigenvalue weighted by molar-refractivity contribution is 5.74. The van der Waals surface area contributed by atoms with E-state index in [1.54, 1.807) is 0 Å². The van der Waals surface area contributed by atoms with Gasteiger partial charge in [-0.1, -0.05) is 0 Å². The van der Waals surface area contributed by atoms with Crippen LogP contribution in [0.15, 0.2) is 0 Å². The molecule has 4 heteroatoms. The van der Waals surface area contributed by atoms with Gasteiger partial charge in [-0.3, -0.25) is 10.1 Å². The number of aliphatic carboxylic acids is 1. The van der Waals surface area contributed by atoms with Crippen molar-refractivity contribution in [3.05, 3.63) is 0 Å². The van der Waals surface area contributed by atoms with Gasteiger partial charge >= 0.3 is 5.97 Å². The Morgan fingerprint density at radius 1 is 1.55 bits per heavy atom. The highest BCUT2D eigenvalue weighted by atomic mass is 16.5. The van der Waals surface area contributed by atoms with Gasteiger partial charge in [0.05, 0.1) is 13.2 Å². The maximum atomic E-state index is 10.5. The first-order valence-electron chi connectivity index (χ1n) is 3.84. The lowest BCUT2D eigenvalue weighted by atomic mass is 10.0. The van der Waals surface area contributed by atoms with Crippen LogP contribution >= 0.6 is 0 Å². The lowest BCUT2D eigenvalue weighted by Crippen LogP contribution is -2.36. The predicted molar refractivity (Wildman–Crippen MR) is 37.3 cm³/mol. The van der Waals surface area contributed by atoms with Gasteiger partial charge in [-0.05, 0) is 6.42 Å². The van der Waals surface area contributed by atoms with Crippen LogP contribution in [-0.4, -0.2) is 36.4 Å². The Balaban J connectivity index is 1.99. The predicted octanol–water partition coefficient (Wildman–Crippen LogP) is -0.552. The van der Waals surface area contributed by atoms with Gasteiger partial charge in [-0.25, -0.2) is 0 Å². The molecule has 2 N–H and O–H groups in total. The van der Waals surface area contributed by atoms with Gasteiger partial charge in [-0.2, -0.15) is 0 Å². The molecule has 2 saturated heterocycles. The Hall–Kier alpha value is -0.610. The van der Waals surface area contributed by atoms with Crippen LogP contribution < -0.4 is 5.32 Å². The summed E-state index contributed by atoms with van der Waals surface area (Å²) in [5, 5.41) is 11.7. The molecule has 3 atom stereocenters. The summed E-state index contributed by atoms with van der Waals surface area (Å²) in [6, 6.07) is -0.0509. The number of carboxylic acid groups (broad SMARTS) is 1. The number of carbonyl (C=O) groups is 1. The highest BCUT2D eigenvalue weighted by Crippen LogP contribution is 2.25. The molecule has 0 amide bonds. The van der Waals surface area contributed by atoms with E-state index in [0.717, 1.165) is 13.0 Å². The zero-order chi connectivity index (χ0) is 7.84. The molecule has 62 valence electrons. The van der Waals surface area contributed by atoms with Crippen LogP contribution in [0.1, 0.15) is 6.42 Å². The van der Waals surface area contributed by atoms with Crippen LogP contribution in [0.5, 0.6) is 0 Å². The zero-order valence-corrected chi connectivity index (χ0v) is 6.12. The third-order valence-corrected chi connectivity index (χ3v) is 2.45. The van der Waals surface area contributed by atoms with E-state index in [-0.39, 0.29) is 12.1 Å². The maximum Gasteiger partial charge on any atom is 0.320 e. The Labute approximate surface area is 64.5 Å². The zero-order valence-electron chi connectivity index (χ0n) is 6.12. The molecule has 0 spiro atoms. The topological polar surface area (TPSA) is 58.6 Å². The molecule has 0 bridgehead atoms. The SMILES string of the molecule is O=C(O)[C@@H]1C[C@@H]2COC[C@@H]2N1. The summed E-state index contributed by atoms with van der Waals surface area (Å²) in [4.78, 5) is 10.5. The summed E-state index contributed by atoms with van der Waals surface area (Å²) in [5.74, 6) is -0.310. The number of rotatable bonds is 1. The van der Waals surface area contributed by atoms with Crippen LogP contribution in [0.25, 0.3) is 0 Å². The van der Waals surface area contributed by atoms with Gasteiger partial charge in [-0.15, -0.1) is 0 Å². The highest BCUT2D eigenvalue weighted by Gasteiger charge is 2.40. The Kier molecular flexibility index (Phi) is 1.58. The molecule has 0 aromatic heterocycles. The quantitative estimate of drug-likeness (QED) is 0.536. The van der Waals surface area contributed by atoms with Crippen LogP contribution in [0.2, 0.25) is 0 Å². The summed E-state index contributed by atoms with van der Waals surface area (Å²) >= 11 is 0. The first-order chi connectivity index (χ1) is 5.27. The van der Waals surface area contributed by atoms with Gasteiger partial charge in [0.1, 0.15) is 6.04 Å². The fourth-order valence-electron chi connectivity index (χ4n) is 1.82. The summed E-state index contributed by atoms with van der Waals surface area (Å²) in [6.07, 6.45) is 0.722. The molecule has 2 aliphatic heterocycles. The van der Waals surface area contributed by atoms with E-state index < -0.39 is 5.97 Å². The van der Waals surface area contributed by atoms with Crippen molar-refractivity contribution < 1.29 is 14.6 Å². The maximum absolute atomic E-state index is 10.5. The molecular formula is C7H11NO3. The van der Waals surface area contributed by atoms with Crippen molar-refractivity contribution in [1.29, 1.82) is 0 Å². The van der Waals surface area contributed by atoms with Crippen molar-refractivity contribution >= 4 is 5.97 Å². The molecular weight excluding hydrogens is 146 g/mol. The molecule has 0 unspecified atom stereocenters. The average Bonchev–Trinajstić information content (AvgIpc) is 2.40. The number of fused-ring (bicyclic) bond motifs is 1. The van der Waals surface area contributed by atoms with Gasteiger partial charge < -0.3 is 9.84 Å². The molecule has 4 nitrogen and oxygen atoms in total. The van der Waals surface area contributed by atoms with Crippen molar-refractivity contribution in [2.24, 2.45) is 5.92 Å². The second-order valence-corrected chi connectivity index (χ2v) is 3.20. The Morgan fingerprint density at radius 2 is 2.36 bits per heavy atom. The third-order valence-electron chi connectivity index (χ3n) is 2.45. The smallest absolute Gasteiger partial charge is 0.320 e. The minimum Gasteiger partial charge on any atom is -0.480 e. The van der Waals surface area contributed by atoms with E-state index in [1.807, 2.05) is 0 Å². The number of ether oxygens (including phenoxy) is 1. The van der Waals surface area contributed by atoms with E-state index in [0.29, 0.717) is 12.5 Å². The minimum atomic E-state index is -0.737. The van der Waals surface area contributed by atoms with E-state index >= 15 is 0 Å². The second-order valence-electron chi connectivity index (χ2n) is 3.20. The fraction of sp³-hybridized carbons (Fsp3) is 0.857. The summed E-state index contributed by atoms with van der Waals surface area (Å²) in [5.41, 5.74) is 0. The largest absolute Gasteiger partial charge is 0.480 e. The molecule has 0 aliphatic carbocycles. The molecule has 2 rings (SSSR count). The molecule has 0 aromatic rings. The first-order valence-corrected chi connectivity index (χ1v) is 3.84. The van der Waals surface area contributed by atoms with E-state index in [1.165, 1.54) is 0 Å². The minimum absolute atomic E-state index is 0.288. The molecule has 2 heterocycles. The second kappa shape index (κ2) is 2.46. The van der Waals surface area contributed by atoms with Crippen LogP contribution in [0, 0.1) is 5.92 Å². The lowest BCUT2D eigenvalue weighted by molar-refractivity contribution is -0.139. The molecule has 0 radical (unpaired) electrons. The third kappa shape index (κ3) is 1.12. The standard InChI is InChI=1S/C7H11NO3/c9-7(10)5-1-4-2-11-3-6(4)8-5/h4-6,8H,1-3H2,(H,9,10)/t4-,5+,6+/m1/s1. The molecule has 0 saturated carbocycles. The summed E-state index contributed by atoms with van der Waals surface area (Å²) in [7, 11) is 0. The van der Waals surface area contributed by atoms with Crippen LogP contribution in [-0.2, 0) is 9.53 Å². The number of carboxylic acids is 1. The first kappa shape index (κ1) is 7.06. The van der Waals surface area contributed by atoms with E-state index in [2.05, 4.69) is 5.32 Å². The summed E-state index contributed by atoms with van der Waals surface area (Å²) < 4.78 is 5.18. The number of hydrogen-bond acceptors (Lipinski definition) is 3. The monoisotopic (exact) mass is 157 g/mol. The fourth-order valence-corrected chi connectivity index (χ4v) is 1.82. The Bertz CT molecular complexity index is 171. The van der Waals surface area contributed by atoms with E-state index in [4.69, 9.17) is 9.84 Å². The van der Waals surface area contributed by atoms with E-state index in [9.17, 15) is 4.79 Å². The van der Waals surface area contributed by atoms with Crippen molar-refractivity contribution in [3.63, 3.8) is 0 Å². The lowest BCUT2D eigenvalue weighted by Gasteiger charge is -2.06. The number of nitrogens with one attached hydrogen (secondary N) is 1. The van der Waals surface area contributed by atoms with Crippen molar-refractivity contribution in [2.45, 2.75) is 18.5 Å². The van der Waals surface area contributed by atoms with Crippen molar-refractivity contribution in [1.82, 2.24) is 5.32 Å². The average molecular weight is 157 g/mol. The number of hydrogen-bond donors (Lipinski definition) is 2. The van der Waals surface area contributed by atoms with Gasteiger partial charge in [0.2, 0.25) is 0 Å². The van der Waals surface area contributed by atoms with Crippen LogP contribution in [0.4, 0.5) is 0 Å². The van der Waals surface area contributed by atoms with Crippen molar-refractivity contribution in [3.8, 4) is 0 Å². The molecule has 0 aromatic carbocycles. The van der Waals surface area contributed by atoms with Crippen molar-refractivity contribution in [2.75, 3.05) is 13.2 Å². The molecule has 2 aliphatic rings. The van der Waals surface area contributed by atoms with Crippen LogP contribution in [0.3, 0.4) is 0 Å². The van der Waals surface area contributed by atoms with Gasteiger partial charge in [0.25, 0.3) is 0 Å². The van der Waals surface area contributed by atoms with Gasteiger partial charge in [0, 0.05) is 12.0 Å². The molecule has 11 heavy (non-hydrogen) atoms. The van der Waals surface area contributed by atoms with Gasteiger partial charge in [0.15, 0.2) is 0 Å². The summed E-state index contributed by atoms with van der Waals surface area (Å²) in [6.45, 7) is 1.40.